The molecule has 1 aromatic carbocycles. The van der Waals surface area contributed by atoms with Crippen LogP contribution in [0.2, 0.25) is 0 Å². The van der Waals surface area contributed by atoms with Crippen molar-refractivity contribution in [1.82, 2.24) is 10.2 Å². The second-order valence-corrected chi connectivity index (χ2v) is 4.56. The first-order chi connectivity index (χ1) is 8.81. The van der Waals surface area contributed by atoms with E-state index in [2.05, 4.69) is 5.32 Å². The van der Waals surface area contributed by atoms with Crippen LogP contribution in [-0.4, -0.2) is 29.8 Å². The lowest BCUT2D eigenvalue weighted by Gasteiger charge is -2.31. The maximum atomic E-state index is 12.0. The molecule has 18 heavy (non-hydrogen) atoms. The van der Waals surface area contributed by atoms with E-state index in [1.165, 1.54) is 0 Å². The first-order valence-corrected chi connectivity index (χ1v) is 6.34. The van der Waals surface area contributed by atoms with Crippen molar-refractivity contribution >= 4 is 12.3 Å². The van der Waals surface area contributed by atoms with Gasteiger partial charge in [0.25, 0.3) is 0 Å². The van der Waals surface area contributed by atoms with Gasteiger partial charge in [0.05, 0.1) is 0 Å². The van der Waals surface area contributed by atoms with E-state index in [-0.39, 0.29) is 11.9 Å². The molecule has 0 unspecified atom stereocenters. The second kappa shape index (κ2) is 6.19. The number of carbonyl (C=O) groups is 2. The standard InChI is InChI=1S/C14H18N2O2/c17-11-16-9-5-4-8-13(16)14(18)15-10-12-6-2-1-3-7-12/h1-3,6-7,11,13H,4-5,8-10H2,(H,15,18)/t13-/m0/s1. The maximum Gasteiger partial charge on any atom is 0.243 e. The van der Waals surface area contributed by atoms with Gasteiger partial charge in [-0.25, -0.2) is 0 Å². The van der Waals surface area contributed by atoms with Crippen molar-refractivity contribution < 1.29 is 9.59 Å². The summed E-state index contributed by atoms with van der Waals surface area (Å²) in [6.07, 6.45) is 3.54. The van der Waals surface area contributed by atoms with Gasteiger partial charge in [-0.1, -0.05) is 30.3 Å². The van der Waals surface area contributed by atoms with Crippen LogP contribution in [0, 0.1) is 0 Å². The Kier molecular flexibility index (Phi) is 4.34. The first-order valence-electron chi connectivity index (χ1n) is 6.34. The lowest BCUT2D eigenvalue weighted by molar-refractivity contribution is -0.134. The third-order valence-electron chi connectivity index (χ3n) is 3.29. The van der Waals surface area contributed by atoms with Gasteiger partial charge in [0.2, 0.25) is 12.3 Å². The Bertz CT molecular complexity index is 406. The number of hydrogen-bond acceptors (Lipinski definition) is 2. The Balaban J connectivity index is 1.89. The van der Waals surface area contributed by atoms with Crippen LogP contribution in [0.25, 0.3) is 0 Å². The SMILES string of the molecule is O=CN1CCCC[C@H]1C(=O)NCc1ccccc1. The van der Waals surface area contributed by atoms with Crippen LogP contribution in [0.4, 0.5) is 0 Å². The molecule has 2 rings (SSSR count). The molecule has 0 aromatic heterocycles. The van der Waals surface area contributed by atoms with Gasteiger partial charge >= 0.3 is 0 Å². The van der Waals surface area contributed by atoms with Crippen molar-refractivity contribution in [1.29, 1.82) is 0 Å². The number of likely N-dealkylation sites (tertiary alicyclic amines) is 1. The molecule has 0 bridgehead atoms. The van der Waals surface area contributed by atoms with E-state index >= 15 is 0 Å². The van der Waals surface area contributed by atoms with Crippen molar-refractivity contribution in [3.8, 4) is 0 Å². The van der Waals surface area contributed by atoms with Crippen LogP contribution in [0.3, 0.4) is 0 Å². The third kappa shape index (κ3) is 3.09. The predicted octanol–water partition coefficient (Wildman–Crippen LogP) is 1.31. The van der Waals surface area contributed by atoms with E-state index in [4.69, 9.17) is 0 Å². The van der Waals surface area contributed by atoms with Crippen LogP contribution in [0.15, 0.2) is 30.3 Å². The zero-order chi connectivity index (χ0) is 12.8. The average molecular weight is 246 g/mol. The Hall–Kier alpha value is -1.84. The van der Waals surface area contributed by atoms with Gasteiger partial charge in [0.15, 0.2) is 0 Å². The molecular formula is C14H18N2O2. The van der Waals surface area contributed by atoms with Crippen LogP contribution in [0.5, 0.6) is 0 Å². The van der Waals surface area contributed by atoms with Crippen molar-refractivity contribution in [2.24, 2.45) is 0 Å². The highest BCUT2D eigenvalue weighted by Crippen LogP contribution is 2.15. The number of hydrogen-bond donors (Lipinski definition) is 1. The average Bonchev–Trinajstić information content (AvgIpc) is 2.45. The third-order valence-corrected chi connectivity index (χ3v) is 3.29. The fraction of sp³-hybridized carbons (Fsp3) is 0.429. The molecule has 1 aliphatic heterocycles. The van der Waals surface area contributed by atoms with Crippen molar-refractivity contribution in [2.75, 3.05) is 6.54 Å². The molecule has 4 nitrogen and oxygen atoms in total. The summed E-state index contributed by atoms with van der Waals surface area (Å²) in [4.78, 5) is 24.5. The van der Waals surface area contributed by atoms with E-state index in [1.54, 1.807) is 4.90 Å². The summed E-state index contributed by atoms with van der Waals surface area (Å²) in [6, 6.07) is 9.48. The molecule has 0 spiro atoms. The first kappa shape index (κ1) is 12.6. The normalized spacial score (nSPS) is 19.3. The summed E-state index contributed by atoms with van der Waals surface area (Å²) in [5, 5.41) is 2.89. The number of rotatable bonds is 4. The van der Waals surface area contributed by atoms with Crippen molar-refractivity contribution in [3.05, 3.63) is 35.9 Å². The van der Waals surface area contributed by atoms with E-state index in [1.807, 2.05) is 30.3 Å². The molecule has 1 saturated heterocycles. The minimum absolute atomic E-state index is 0.0503. The number of carbonyl (C=O) groups excluding carboxylic acids is 2. The molecule has 0 radical (unpaired) electrons. The van der Waals surface area contributed by atoms with Gasteiger partial charge in [-0.3, -0.25) is 9.59 Å². The number of benzene rings is 1. The van der Waals surface area contributed by atoms with Crippen LogP contribution in [0.1, 0.15) is 24.8 Å². The van der Waals surface area contributed by atoms with E-state index in [0.717, 1.165) is 31.2 Å². The Labute approximate surface area is 107 Å². The monoisotopic (exact) mass is 246 g/mol. The fourth-order valence-corrected chi connectivity index (χ4v) is 2.26. The molecule has 1 atom stereocenters. The zero-order valence-corrected chi connectivity index (χ0v) is 10.3. The molecule has 1 fully saturated rings. The quantitative estimate of drug-likeness (QED) is 0.814. The number of nitrogens with one attached hydrogen (secondary N) is 1. The topological polar surface area (TPSA) is 49.4 Å². The molecule has 4 heteroatoms. The maximum absolute atomic E-state index is 12.0. The van der Waals surface area contributed by atoms with Crippen LogP contribution in [-0.2, 0) is 16.1 Å². The van der Waals surface area contributed by atoms with E-state index < -0.39 is 0 Å². The summed E-state index contributed by atoms with van der Waals surface area (Å²) in [5.74, 6) is -0.0503. The molecule has 1 aromatic rings. The van der Waals surface area contributed by atoms with E-state index in [0.29, 0.717) is 13.1 Å². The van der Waals surface area contributed by atoms with Gasteiger partial charge in [-0.15, -0.1) is 0 Å². The second-order valence-electron chi connectivity index (χ2n) is 4.56. The summed E-state index contributed by atoms with van der Waals surface area (Å²) >= 11 is 0. The molecule has 1 N–H and O–H groups in total. The number of piperidine rings is 1. The molecule has 2 amide bonds. The van der Waals surface area contributed by atoms with Crippen molar-refractivity contribution in [3.63, 3.8) is 0 Å². The molecule has 96 valence electrons. The van der Waals surface area contributed by atoms with Crippen LogP contribution < -0.4 is 5.32 Å². The highest BCUT2D eigenvalue weighted by Gasteiger charge is 2.27. The summed E-state index contributed by atoms with van der Waals surface area (Å²) < 4.78 is 0. The van der Waals surface area contributed by atoms with Gasteiger partial charge in [-0.2, -0.15) is 0 Å². The molecule has 0 aliphatic carbocycles. The Morgan fingerprint density at radius 3 is 2.83 bits per heavy atom. The molecule has 0 saturated carbocycles. The minimum Gasteiger partial charge on any atom is -0.350 e. The lowest BCUT2D eigenvalue weighted by atomic mass is 10.0. The lowest BCUT2D eigenvalue weighted by Crippen LogP contribution is -2.48. The zero-order valence-electron chi connectivity index (χ0n) is 10.3. The predicted molar refractivity (Wildman–Crippen MR) is 68.7 cm³/mol. The van der Waals surface area contributed by atoms with Gasteiger partial charge < -0.3 is 10.2 Å². The van der Waals surface area contributed by atoms with E-state index in [9.17, 15) is 9.59 Å². The molecule has 1 aliphatic rings. The minimum atomic E-state index is -0.292. The van der Waals surface area contributed by atoms with Gasteiger partial charge in [-0.05, 0) is 24.8 Å². The summed E-state index contributed by atoms with van der Waals surface area (Å²) in [6.45, 7) is 1.20. The molecular weight excluding hydrogens is 228 g/mol. The van der Waals surface area contributed by atoms with Gasteiger partial charge in [0.1, 0.15) is 6.04 Å². The number of nitrogens with zero attached hydrogens (tertiary/aromatic N) is 1. The molecule has 1 heterocycles. The van der Waals surface area contributed by atoms with Crippen molar-refractivity contribution in [2.45, 2.75) is 31.8 Å². The highest BCUT2D eigenvalue weighted by atomic mass is 16.2. The van der Waals surface area contributed by atoms with Gasteiger partial charge in [0, 0.05) is 13.1 Å². The smallest absolute Gasteiger partial charge is 0.243 e. The number of amides is 2. The fourth-order valence-electron chi connectivity index (χ4n) is 2.26. The Morgan fingerprint density at radius 2 is 2.11 bits per heavy atom. The largest absolute Gasteiger partial charge is 0.350 e. The van der Waals surface area contributed by atoms with Crippen LogP contribution >= 0.6 is 0 Å². The Morgan fingerprint density at radius 1 is 1.33 bits per heavy atom. The summed E-state index contributed by atoms with van der Waals surface area (Å²) in [5.41, 5.74) is 1.07. The summed E-state index contributed by atoms with van der Waals surface area (Å²) in [7, 11) is 0. The highest BCUT2D eigenvalue weighted by molar-refractivity contribution is 5.83.